The molecule has 0 aromatic rings. The van der Waals surface area contributed by atoms with E-state index in [0.29, 0.717) is 18.6 Å². The molecule has 3 aliphatic rings. The molecule has 0 amide bonds. The van der Waals surface area contributed by atoms with E-state index >= 15 is 0 Å². The van der Waals surface area contributed by atoms with Crippen LogP contribution in [-0.4, -0.2) is 47.2 Å². The topological polar surface area (TPSA) is 52.6 Å². The number of nitrogens with zero attached hydrogens (tertiary/aromatic N) is 1. The molecule has 3 fully saturated rings. The van der Waals surface area contributed by atoms with Gasteiger partial charge in [-0.3, -0.25) is 9.69 Å². The SMILES string of the molecule is O=C(O)C(CN(CC1CC1)C1CC1)NC1CC1. The van der Waals surface area contributed by atoms with E-state index in [-0.39, 0.29) is 6.04 Å². The largest absolute Gasteiger partial charge is 0.480 e. The summed E-state index contributed by atoms with van der Waals surface area (Å²) in [6.45, 7) is 1.83. The van der Waals surface area contributed by atoms with Crippen molar-refractivity contribution in [2.24, 2.45) is 5.92 Å². The molecule has 0 saturated heterocycles. The normalized spacial score (nSPS) is 26.2. The van der Waals surface area contributed by atoms with E-state index in [1.165, 1.54) is 25.7 Å². The van der Waals surface area contributed by atoms with Crippen molar-refractivity contribution in [2.75, 3.05) is 13.1 Å². The lowest BCUT2D eigenvalue weighted by atomic mass is 10.2. The van der Waals surface area contributed by atoms with Crippen molar-refractivity contribution in [2.45, 2.75) is 56.7 Å². The summed E-state index contributed by atoms with van der Waals surface area (Å²) in [5, 5.41) is 12.5. The van der Waals surface area contributed by atoms with Gasteiger partial charge >= 0.3 is 5.97 Å². The highest BCUT2D eigenvalue weighted by Gasteiger charge is 2.37. The molecule has 3 rings (SSSR count). The van der Waals surface area contributed by atoms with Crippen LogP contribution in [0.4, 0.5) is 0 Å². The van der Waals surface area contributed by atoms with E-state index < -0.39 is 5.97 Å². The third-order valence-electron chi connectivity index (χ3n) is 3.98. The van der Waals surface area contributed by atoms with Crippen molar-refractivity contribution < 1.29 is 9.90 Å². The average Bonchev–Trinajstić information content (AvgIpc) is 3.12. The first-order valence-corrected chi connectivity index (χ1v) is 6.95. The van der Waals surface area contributed by atoms with Crippen LogP contribution in [0.2, 0.25) is 0 Å². The molecule has 0 aliphatic heterocycles. The molecule has 0 radical (unpaired) electrons. The maximum atomic E-state index is 11.3. The van der Waals surface area contributed by atoms with Crippen LogP contribution in [0.3, 0.4) is 0 Å². The quantitative estimate of drug-likeness (QED) is 0.664. The third kappa shape index (κ3) is 3.42. The molecule has 0 bridgehead atoms. The van der Waals surface area contributed by atoms with Crippen LogP contribution >= 0.6 is 0 Å². The number of aliphatic carboxylic acids is 1. The second-order valence-corrected chi connectivity index (χ2v) is 5.96. The Morgan fingerprint density at radius 2 is 1.94 bits per heavy atom. The lowest BCUT2D eigenvalue weighted by Gasteiger charge is -2.26. The minimum absolute atomic E-state index is 0.359. The molecule has 0 heterocycles. The van der Waals surface area contributed by atoms with Gasteiger partial charge in [-0.25, -0.2) is 0 Å². The van der Waals surface area contributed by atoms with E-state index in [0.717, 1.165) is 25.3 Å². The van der Waals surface area contributed by atoms with Crippen LogP contribution in [-0.2, 0) is 4.79 Å². The summed E-state index contributed by atoms with van der Waals surface area (Å²) in [6.07, 6.45) is 7.52. The van der Waals surface area contributed by atoms with Gasteiger partial charge in [0.05, 0.1) is 0 Å². The third-order valence-corrected chi connectivity index (χ3v) is 3.98. The van der Waals surface area contributed by atoms with E-state index in [1.54, 1.807) is 0 Å². The molecule has 0 aromatic heterocycles. The van der Waals surface area contributed by atoms with E-state index in [4.69, 9.17) is 0 Å². The summed E-state index contributed by atoms with van der Waals surface area (Å²) in [5.41, 5.74) is 0. The van der Waals surface area contributed by atoms with Crippen molar-refractivity contribution in [1.82, 2.24) is 10.2 Å². The van der Waals surface area contributed by atoms with Gasteiger partial charge in [0.15, 0.2) is 0 Å². The molecule has 96 valence electrons. The Hall–Kier alpha value is -0.610. The zero-order valence-corrected chi connectivity index (χ0v) is 10.3. The van der Waals surface area contributed by atoms with Crippen LogP contribution in [0, 0.1) is 5.92 Å². The van der Waals surface area contributed by atoms with Crippen LogP contribution in [0.25, 0.3) is 0 Å². The summed E-state index contributed by atoms with van der Waals surface area (Å²) >= 11 is 0. The maximum absolute atomic E-state index is 11.3. The van der Waals surface area contributed by atoms with E-state index in [9.17, 15) is 9.90 Å². The molecule has 2 N–H and O–H groups in total. The minimum atomic E-state index is -0.682. The summed E-state index contributed by atoms with van der Waals surface area (Å²) in [4.78, 5) is 13.7. The van der Waals surface area contributed by atoms with Gasteiger partial charge < -0.3 is 10.4 Å². The standard InChI is InChI=1S/C13H22N2O2/c16-13(17)12(14-10-3-4-10)8-15(11-5-6-11)7-9-1-2-9/h9-12,14H,1-8H2,(H,16,17). The fourth-order valence-corrected chi connectivity index (χ4v) is 2.42. The second-order valence-electron chi connectivity index (χ2n) is 5.96. The molecule has 4 nitrogen and oxygen atoms in total. The molecule has 0 aromatic carbocycles. The molecular weight excluding hydrogens is 216 g/mol. The highest BCUT2D eigenvalue weighted by atomic mass is 16.4. The first-order valence-electron chi connectivity index (χ1n) is 6.95. The Labute approximate surface area is 102 Å². The highest BCUT2D eigenvalue weighted by molar-refractivity contribution is 5.73. The van der Waals surface area contributed by atoms with Gasteiger partial charge in [-0.2, -0.15) is 0 Å². The Morgan fingerprint density at radius 1 is 1.24 bits per heavy atom. The molecule has 4 heteroatoms. The van der Waals surface area contributed by atoms with Crippen LogP contribution in [0.5, 0.6) is 0 Å². The molecule has 0 spiro atoms. The monoisotopic (exact) mass is 238 g/mol. The number of hydrogen-bond acceptors (Lipinski definition) is 3. The fourth-order valence-electron chi connectivity index (χ4n) is 2.42. The lowest BCUT2D eigenvalue weighted by Crippen LogP contribution is -2.48. The first kappa shape index (κ1) is 11.5. The number of carboxylic acid groups (broad SMARTS) is 1. The summed E-state index contributed by atoms with van der Waals surface area (Å²) in [6, 6.07) is 0.790. The second kappa shape index (κ2) is 4.58. The zero-order chi connectivity index (χ0) is 11.8. The maximum Gasteiger partial charge on any atom is 0.322 e. The number of carbonyl (C=O) groups is 1. The fraction of sp³-hybridized carbons (Fsp3) is 0.923. The molecule has 3 aliphatic carbocycles. The molecule has 1 unspecified atom stereocenters. The highest BCUT2D eigenvalue weighted by Crippen LogP contribution is 2.35. The van der Waals surface area contributed by atoms with Gasteiger partial charge in [0.1, 0.15) is 6.04 Å². The molecule has 17 heavy (non-hydrogen) atoms. The van der Waals surface area contributed by atoms with Crippen LogP contribution < -0.4 is 5.32 Å². The molecule has 1 atom stereocenters. The van der Waals surface area contributed by atoms with Crippen molar-refractivity contribution >= 4 is 5.97 Å². The van der Waals surface area contributed by atoms with Crippen molar-refractivity contribution in [3.8, 4) is 0 Å². The Bertz CT molecular complexity index is 296. The summed E-state index contributed by atoms with van der Waals surface area (Å²) in [7, 11) is 0. The summed E-state index contributed by atoms with van der Waals surface area (Å²) in [5.74, 6) is 0.171. The smallest absolute Gasteiger partial charge is 0.322 e. The Balaban J connectivity index is 1.53. The lowest BCUT2D eigenvalue weighted by molar-refractivity contribution is -0.140. The first-order chi connectivity index (χ1) is 8.22. The van der Waals surface area contributed by atoms with Gasteiger partial charge in [-0.15, -0.1) is 0 Å². The Morgan fingerprint density at radius 3 is 2.41 bits per heavy atom. The summed E-state index contributed by atoms with van der Waals surface area (Å²) < 4.78 is 0. The molecular formula is C13H22N2O2. The average molecular weight is 238 g/mol. The van der Waals surface area contributed by atoms with E-state index in [2.05, 4.69) is 10.2 Å². The molecule has 3 saturated carbocycles. The Kier molecular flexibility index (Phi) is 3.09. The van der Waals surface area contributed by atoms with Gasteiger partial charge in [0.2, 0.25) is 0 Å². The predicted octanol–water partition coefficient (Wildman–Crippen LogP) is 1.07. The number of nitrogens with one attached hydrogen (secondary N) is 1. The number of hydrogen-bond donors (Lipinski definition) is 2. The van der Waals surface area contributed by atoms with Crippen molar-refractivity contribution in [3.05, 3.63) is 0 Å². The van der Waals surface area contributed by atoms with Crippen molar-refractivity contribution in [3.63, 3.8) is 0 Å². The van der Waals surface area contributed by atoms with Crippen molar-refractivity contribution in [1.29, 1.82) is 0 Å². The van der Waals surface area contributed by atoms with Gasteiger partial charge in [0, 0.05) is 25.2 Å². The number of rotatable bonds is 8. The van der Waals surface area contributed by atoms with Crippen LogP contribution in [0.1, 0.15) is 38.5 Å². The predicted molar refractivity (Wildman–Crippen MR) is 64.9 cm³/mol. The van der Waals surface area contributed by atoms with E-state index in [1.807, 2.05) is 0 Å². The minimum Gasteiger partial charge on any atom is -0.480 e. The van der Waals surface area contributed by atoms with Gasteiger partial charge in [-0.1, -0.05) is 0 Å². The zero-order valence-electron chi connectivity index (χ0n) is 10.3. The van der Waals surface area contributed by atoms with Gasteiger partial charge in [0.25, 0.3) is 0 Å². The number of carboxylic acids is 1. The van der Waals surface area contributed by atoms with Crippen LogP contribution in [0.15, 0.2) is 0 Å². The van der Waals surface area contributed by atoms with Gasteiger partial charge in [-0.05, 0) is 44.4 Å².